The molecule has 1 aliphatic heterocycles. The van der Waals surface area contributed by atoms with Gasteiger partial charge in [-0.25, -0.2) is 9.78 Å². The predicted octanol–water partition coefficient (Wildman–Crippen LogP) is 6.90. The maximum atomic E-state index is 12.9. The first kappa shape index (κ1) is 22.3. The van der Waals surface area contributed by atoms with Crippen molar-refractivity contribution in [3.8, 4) is 17.3 Å². The predicted molar refractivity (Wildman–Crippen MR) is 127 cm³/mol. The summed E-state index contributed by atoms with van der Waals surface area (Å²) < 4.78 is 6.52. The van der Waals surface area contributed by atoms with Crippen LogP contribution in [0.2, 0.25) is 5.02 Å². The van der Waals surface area contributed by atoms with Crippen molar-refractivity contribution < 1.29 is 9.53 Å². The Kier molecular flexibility index (Phi) is 7.09. The largest absolute Gasteiger partial charge is 0.445 e. The summed E-state index contributed by atoms with van der Waals surface area (Å²) in [6.45, 7) is 0.805. The smallest absolute Gasteiger partial charge is 0.410 e. The first-order valence-electron chi connectivity index (χ1n) is 10.4. The van der Waals surface area contributed by atoms with E-state index in [1.165, 1.54) is 0 Å². The summed E-state index contributed by atoms with van der Waals surface area (Å²) in [6, 6.07) is 20.8. The fourth-order valence-corrected chi connectivity index (χ4v) is 4.39. The van der Waals surface area contributed by atoms with Crippen molar-refractivity contribution in [1.29, 1.82) is 5.26 Å². The SMILES string of the molecule is N#Cc1c(Cl)cc(C2CCCCN2C(=O)OCc2ccccc2)nc1-c1ccc(Br)cc1. The maximum Gasteiger partial charge on any atom is 0.410 e. The number of hydrogen-bond donors (Lipinski definition) is 0. The Balaban J connectivity index is 1.63. The van der Waals surface area contributed by atoms with Gasteiger partial charge in [0.2, 0.25) is 0 Å². The Morgan fingerprint density at radius 1 is 1.19 bits per heavy atom. The molecule has 3 aromatic rings. The van der Waals surface area contributed by atoms with Gasteiger partial charge in [-0.15, -0.1) is 0 Å². The number of piperidine rings is 1. The molecule has 0 spiro atoms. The molecule has 0 saturated carbocycles. The zero-order valence-corrected chi connectivity index (χ0v) is 19.6. The third-order valence-electron chi connectivity index (χ3n) is 5.50. The van der Waals surface area contributed by atoms with Crippen molar-refractivity contribution in [1.82, 2.24) is 9.88 Å². The monoisotopic (exact) mass is 509 g/mol. The molecule has 0 radical (unpaired) electrons. The Labute approximate surface area is 200 Å². The van der Waals surface area contributed by atoms with E-state index in [0.717, 1.165) is 34.9 Å². The molecule has 1 unspecified atom stereocenters. The first-order valence-corrected chi connectivity index (χ1v) is 11.6. The summed E-state index contributed by atoms with van der Waals surface area (Å²) in [7, 11) is 0. The number of amides is 1. The minimum atomic E-state index is -0.369. The molecule has 1 atom stereocenters. The van der Waals surface area contributed by atoms with Crippen molar-refractivity contribution in [3.63, 3.8) is 0 Å². The number of pyridine rings is 1. The number of nitrogens with zero attached hydrogens (tertiary/aromatic N) is 3. The van der Waals surface area contributed by atoms with E-state index in [0.29, 0.717) is 28.5 Å². The van der Waals surface area contributed by atoms with Crippen LogP contribution in [0.1, 0.15) is 42.1 Å². The Morgan fingerprint density at radius 2 is 1.94 bits per heavy atom. The summed E-state index contributed by atoms with van der Waals surface area (Å²) in [6.07, 6.45) is 2.27. The second-order valence-electron chi connectivity index (χ2n) is 7.62. The van der Waals surface area contributed by atoms with Crippen LogP contribution < -0.4 is 0 Å². The van der Waals surface area contributed by atoms with Crippen LogP contribution >= 0.6 is 27.5 Å². The molecule has 2 heterocycles. The van der Waals surface area contributed by atoms with Gasteiger partial charge in [-0.1, -0.05) is 70.0 Å². The molecule has 0 bridgehead atoms. The normalized spacial score (nSPS) is 15.8. The fourth-order valence-electron chi connectivity index (χ4n) is 3.89. The van der Waals surface area contributed by atoms with Crippen molar-refractivity contribution in [2.75, 3.05) is 6.54 Å². The van der Waals surface area contributed by atoms with E-state index in [1.807, 2.05) is 54.6 Å². The minimum Gasteiger partial charge on any atom is -0.445 e. The highest BCUT2D eigenvalue weighted by molar-refractivity contribution is 9.10. The van der Waals surface area contributed by atoms with Gasteiger partial charge in [0.15, 0.2) is 0 Å². The molecule has 162 valence electrons. The van der Waals surface area contributed by atoms with Crippen molar-refractivity contribution in [2.45, 2.75) is 31.9 Å². The van der Waals surface area contributed by atoms with Gasteiger partial charge >= 0.3 is 6.09 Å². The zero-order chi connectivity index (χ0) is 22.5. The molecule has 0 N–H and O–H groups in total. The van der Waals surface area contributed by atoms with E-state index in [2.05, 4.69) is 22.0 Å². The van der Waals surface area contributed by atoms with Crippen LogP contribution in [0.15, 0.2) is 65.1 Å². The fraction of sp³-hybridized carbons (Fsp3) is 0.240. The molecule has 1 saturated heterocycles. The van der Waals surface area contributed by atoms with Gasteiger partial charge in [0, 0.05) is 16.6 Å². The molecular weight excluding hydrogens is 490 g/mol. The van der Waals surface area contributed by atoms with Crippen LogP contribution in [0.3, 0.4) is 0 Å². The number of nitriles is 1. The third-order valence-corrected chi connectivity index (χ3v) is 6.33. The molecule has 1 aromatic heterocycles. The highest BCUT2D eigenvalue weighted by Gasteiger charge is 2.31. The van der Waals surface area contributed by atoms with Gasteiger partial charge in [0.1, 0.15) is 12.7 Å². The number of hydrogen-bond acceptors (Lipinski definition) is 4. The van der Waals surface area contributed by atoms with E-state index in [1.54, 1.807) is 11.0 Å². The van der Waals surface area contributed by atoms with Gasteiger partial charge < -0.3 is 4.74 Å². The molecular formula is C25H21BrClN3O2. The molecule has 5 nitrogen and oxygen atoms in total. The van der Waals surface area contributed by atoms with E-state index < -0.39 is 0 Å². The lowest BCUT2D eigenvalue weighted by atomic mass is 9.97. The van der Waals surface area contributed by atoms with Gasteiger partial charge in [-0.2, -0.15) is 5.26 Å². The van der Waals surface area contributed by atoms with Crippen LogP contribution in [0.4, 0.5) is 4.79 Å². The van der Waals surface area contributed by atoms with E-state index >= 15 is 0 Å². The lowest BCUT2D eigenvalue weighted by molar-refractivity contribution is 0.0669. The number of aromatic nitrogens is 1. The van der Waals surface area contributed by atoms with Gasteiger partial charge in [0.05, 0.1) is 28.0 Å². The molecule has 0 aliphatic carbocycles. The minimum absolute atomic E-state index is 0.217. The number of likely N-dealkylation sites (tertiary alicyclic amines) is 1. The summed E-state index contributed by atoms with van der Waals surface area (Å²) in [5.41, 5.74) is 3.25. The standard InChI is InChI=1S/C25H21BrClN3O2/c26-19-11-9-18(10-12-19)24-20(15-28)21(27)14-22(29-24)23-8-4-5-13-30(23)25(31)32-16-17-6-2-1-3-7-17/h1-3,6-7,9-12,14,23H,4-5,8,13,16H2. The van der Waals surface area contributed by atoms with Crippen LogP contribution in [-0.4, -0.2) is 22.5 Å². The summed E-state index contributed by atoms with van der Waals surface area (Å²) in [5, 5.41) is 10.00. The number of ether oxygens (including phenoxy) is 1. The average molecular weight is 511 g/mol. The quantitative estimate of drug-likeness (QED) is 0.383. The van der Waals surface area contributed by atoms with Crippen LogP contribution in [0.25, 0.3) is 11.3 Å². The Morgan fingerprint density at radius 3 is 2.66 bits per heavy atom. The number of benzene rings is 2. The molecule has 1 amide bonds. The van der Waals surface area contributed by atoms with Crippen molar-refractivity contribution in [3.05, 3.63) is 87.0 Å². The summed E-state index contributed by atoms with van der Waals surface area (Å²) in [4.78, 5) is 19.5. The van der Waals surface area contributed by atoms with Crippen LogP contribution in [0.5, 0.6) is 0 Å². The molecule has 32 heavy (non-hydrogen) atoms. The van der Waals surface area contributed by atoms with Crippen molar-refractivity contribution >= 4 is 33.6 Å². The van der Waals surface area contributed by atoms with Crippen LogP contribution in [-0.2, 0) is 11.3 Å². The summed E-state index contributed by atoms with van der Waals surface area (Å²) >= 11 is 9.93. The zero-order valence-electron chi connectivity index (χ0n) is 17.3. The summed E-state index contributed by atoms with van der Waals surface area (Å²) in [5.74, 6) is 0. The highest BCUT2D eigenvalue weighted by Crippen LogP contribution is 2.36. The van der Waals surface area contributed by atoms with E-state index in [-0.39, 0.29) is 18.7 Å². The van der Waals surface area contributed by atoms with E-state index in [9.17, 15) is 10.1 Å². The number of carbonyl (C=O) groups excluding carboxylic acids is 1. The average Bonchev–Trinajstić information content (AvgIpc) is 2.83. The lowest BCUT2D eigenvalue weighted by Crippen LogP contribution is -2.39. The number of carbonyl (C=O) groups is 1. The van der Waals surface area contributed by atoms with Crippen molar-refractivity contribution in [2.24, 2.45) is 0 Å². The van der Waals surface area contributed by atoms with Gasteiger partial charge in [-0.05, 0) is 43.0 Å². The second kappa shape index (κ2) is 10.2. The highest BCUT2D eigenvalue weighted by atomic mass is 79.9. The molecule has 7 heteroatoms. The molecule has 2 aromatic carbocycles. The molecule has 1 fully saturated rings. The Hall–Kier alpha value is -2.88. The Bertz CT molecular complexity index is 1150. The van der Waals surface area contributed by atoms with Crippen LogP contribution in [0, 0.1) is 11.3 Å². The molecule has 1 aliphatic rings. The second-order valence-corrected chi connectivity index (χ2v) is 8.94. The molecule has 4 rings (SSSR count). The topological polar surface area (TPSA) is 66.2 Å². The van der Waals surface area contributed by atoms with Gasteiger partial charge in [-0.3, -0.25) is 4.90 Å². The van der Waals surface area contributed by atoms with Gasteiger partial charge in [0.25, 0.3) is 0 Å². The first-order chi connectivity index (χ1) is 15.6. The lowest BCUT2D eigenvalue weighted by Gasteiger charge is -2.34. The third kappa shape index (κ3) is 4.95. The van der Waals surface area contributed by atoms with E-state index in [4.69, 9.17) is 21.3 Å². The number of halogens is 2. The maximum absolute atomic E-state index is 12.9. The number of rotatable bonds is 4.